The minimum atomic E-state index is -3.60. The molecule has 2 heterocycles. The fourth-order valence-electron chi connectivity index (χ4n) is 2.24. The molecule has 112 valence electrons. The van der Waals surface area contributed by atoms with Gasteiger partial charge in [0.15, 0.2) is 0 Å². The highest BCUT2D eigenvalue weighted by Gasteiger charge is 2.29. The molecule has 0 amide bonds. The second-order valence-electron chi connectivity index (χ2n) is 4.57. The average molecular weight is 408 g/mol. The molecule has 1 aliphatic rings. The van der Waals surface area contributed by atoms with Gasteiger partial charge in [-0.15, -0.1) is 11.3 Å². The van der Waals surface area contributed by atoms with Crippen molar-refractivity contribution in [3.05, 3.63) is 44.7 Å². The van der Waals surface area contributed by atoms with Gasteiger partial charge in [-0.2, -0.15) is 0 Å². The van der Waals surface area contributed by atoms with Gasteiger partial charge in [0.2, 0.25) is 0 Å². The first-order valence-electron chi connectivity index (χ1n) is 6.26. The second-order valence-corrected chi connectivity index (χ2v) is 9.44. The molecule has 2 aromatic rings. The monoisotopic (exact) mass is 406 g/mol. The van der Waals surface area contributed by atoms with Gasteiger partial charge in [-0.05, 0) is 33.6 Å². The number of rotatable bonds is 2. The molecule has 0 aliphatic carbocycles. The predicted octanol–water partition coefficient (Wildman–Crippen LogP) is 3.46. The summed E-state index contributed by atoms with van der Waals surface area (Å²) < 4.78 is 28.1. The van der Waals surface area contributed by atoms with Crippen molar-refractivity contribution >= 4 is 54.6 Å². The molecule has 21 heavy (non-hydrogen) atoms. The minimum absolute atomic E-state index is 0.246. The van der Waals surface area contributed by atoms with Crippen molar-refractivity contribution in [3.63, 3.8) is 0 Å². The fourth-order valence-corrected chi connectivity index (χ4v) is 6.26. The van der Waals surface area contributed by atoms with Gasteiger partial charge in [-0.1, -0.05) is 29.8 Å². The first kappa shape index (κ1) is 15.3. The molecule has 1 aromatic carbocycles. The van der Waals surface area contributed by atoms with E-state index in [0.717, 1.165) is 22.6 Å². The number of sulfonamides is 1. The quantitative estimate of drug-likeness (QED) is 0.829. The highest BCUT2D eigenvalue weighted by Crippen LogP contribution is 2.37. The number of benzene rings is 1. The van der Waals surface area contributed by atoms with Crippen molar-refractivity contribution in [1.29, 1.82) is 0 Å². The molecule has 0 bridgehead atoms. The Labute approximate surface area is 140 Å². The minimum Gasteiger partial charge on any atom is -0.311 e. The average Bonchev–Trinajstić information content (AvgIpc) is 2.69. The van der Waals surface area contributed by atoms with Crippen molar-refractivity contribution in [2.75, 3.05) is 17.4 Å². The van der Waals surface area contributed by atoms with Gasteiger partial charge >= 0.3 is 0 Å². The molecule has 1 aliphatic heterocycles. The van der Waals surface area contributed by atoms with Crippen LogP contribution >= 0.6 is 38.9 Å². The van der Waals surface area contributed by atoms with Crippen LogP contribution in [0.25, 0.3) is 0 Å². The normalized spacial score (nSPS) is 15.6. The summed E-state index contributed by atoms with van der Waals surface area (Å²) in [6.07, 6.45) is 0. The number of hydrogen-bond acceptors (Lipinski definition) is 4. The largest absolute Gasteiger partial charge is 0.311 e. The zero-order chi connectivity index (χ0) is 15.0. The zero-order valence-electron chi connectivity index (χ0n) is 10.8. The molecule has 8 heteroatoms. The molecule has 0 unspecified atom stereocenters. The molecule has 0 radical (unpaired) electrons. The van der Waals surface area contributed by atoms with E-state index in [4.69, 9.17) is 11.6 Å². The van der Waals surface area contributed by atoms with Crippen LogP contribution in [0.3, 0.4) is 0 Å². The lowest BCUT2D eigenvalue weighted by molar-refractivity contribution is 0.591. The molecule has 3 rings (SSSR count). The van der Waals surface area contributed by atoms with Gasteiger partial charge in [-0.25, -0.2) is 8.42 Å². The highest BCUT2D eigenvalue weighted by atomic mass is 79.9. The van der Waals surface area contributed by atoms with Crippen LogP contribution in [-0.4, -0.2) is 21.5 Å². The molecule has 1 N–H and O–H groups in total. The molecule has 0 spiro atoms. The van der Waals surface area contributed by atoms with E-state index in [0.29, 0.717) is 28.4 Å². The van der Waals surface area contributed by atoms with Crippen LogP contribution in [-0.2, 0) is 16.6 Å². The van der Waals surface area contributed by atoms with E-state index >= 15 is 0 Å². The summed E-state index contributed by atoms with van der Waals surface area (Å²) in [4.78, 5) is 0. The van der Waals surface area contributed by atoms with Gasteiger partial charge in [0.25, 0.3) is 10.0 Å². The maximum absolute atomic E-state index is 12.9. The Morgan fingerprint density at radius 3 is 2.81 bits per heavy atom. The molecular formula is C13H12BrClN2O2S2. The SMILES string of the molecule is O=S(=O)(c1cc(Cl)c(Br)s1)N1CCNCc2ccccc21. The van der Waals surface area contributed by atoms with Crippen molar-refractivity contribution in [2.24, 2.45) is 0 Å². The van der Waals surface area contributed by atoms with E-state index in [1.54, 1.807) is 0 Å². The lowest BCUT2D eigenvalue weighted by Crippen LogP contribution is -2.34. The maximum atomic E-state index is 12.9. The summed E-state index contributed by atoms with van der Waals surface area (Å²) in [5.41, 5.74) is 1.70. The van der Waals surface area contributed by atoms with Crippen LogP contribution in [0.2, 0.25) is 5.02 Å². The first-order valence-corrected chi connectivity index (χ1v) is 9.69. The van der Waals surface area contributed by atoms with Crippen LogP contribution in [0.4, 0.5) is 5.69 Å². The smallest absolute Gasteiger partial charge is 0.273 e. The topological polar surface area (TPSA) is 49.4 Å². The van der Waals surface area contributed by atoms with Crippen LogP contribution in [0.1, 0.15) is 5.56 Å². The van der Waals surface area contributed by atoms with Crippen LogP contribution < -0.4 is 9.62 Å². The molecule has 0 atom stereocenters. The fraction of sp³-hybridized carbons (Fsp3) is 0.231. The third-order valence-corrected chi connectivity index (χ3v) is 7.97. The molecule has 1 aromatic heterocycles. The van der Waals surface area contributed by atoms with Gasteiger partial charge in [0.1, 0.15) is 4.21 Å². The molecule has 0 saturated heterocycles. The van der Waals surface area contributed by atoms with Crippen molar-refractivity contribution < 1.29 is 8.42 Å². The van der Waals surface area contributed by atoms with Gasteiger partial charge in [-0.3, -0.25) is 4.31 Å². The summed E-state index contributed by atoms with van der Waals surface area (Å²) in [5.74, 6) is 0. The van der Waals surface area contributed by atoms with E-state index in [1.807, 2.05) is 24.3 Å². The zero-order valence-corrected chi connectivity index (χ0v) is 14.8. The lowest BCUT2D eigenvalue weighted by atomic mass is 10.2. The molecule has 0 fully saturated rings. The Hall–Kier alpha value is -0.600. The molecule has 4 nitrogen and oxygen atoms in total. The number of nitrogens with zero attached hydrogens (tertiary/aromatic N) is 1. The van der Waals surface area contributed by atoms with E-state index in [2.05, 4.69) is 21.2 Å². The maximum Gasteiger partial charge on any atom is 0.273 e. The summed E-state index contributed by atoms with van der Waals surface area (Å²) in [5, 5.41) is 3.65. The standard InChI is InChI=1S/C13H12BrClN2O2S2/c14-13-10(15)7-12(20-13)21(18,19)17-6-5-16-8-9-3-1-2-4-11(9)17/h1-4,7,16H,5-6,8H2. The summed E-state index contributed by atoms with van der Waals surface area (Å²) in [6, 6.07) is 9.03. The first-order chi connectivity index (χ1) is 10.00. The summed E-state index contributed by atoms with van der Waals surface area (Å²) in [6.45, 7) is 1.66. The summed E-state index contributed by atoms with van der Waals surface area (Å²) in [7, 11) is -3.60. The third kappa shape index (κ3) is 2.85. The summed E-state index contributed by atoms with van der Waals surface area (Å²) >= 11 is 10.4. The van der Waals surface area contributed by atoms with Gasteiger partial charge < -0.3 is 5.32 Å². The number of para-hydroxylation sites is 1. The van der Waals surface area contributed by atoms with Gasteiger partial charge in [0, 0.05) is 19.6 Å². The van der Waals surface area contributed by atoms with Crippen LogP contribution in [0.5, 0.6) is 0 Å². The molecular weight excluding hydrogens is 396 g/mol. The van der Waals surface area contributed by atoms with E-state index in [1.165, 1.54) is 10.4 Å². The van der Waals surface area contributed by atoms with Crippen molar-refractivity contribution in [2.45, 2.75) is 10.8 Å². The highest BCUT2D eigenvalue weighted by molar-refractivity contribution is 9.11. The van der Waals surface area contributed by atoms with Crippen molar-refractivity contribution in [3.8, 4) is 0 Å². The number of hydrogen-bond donors (Lipinski definition) is 1. The van der Waals surface area contributed by atoms with E-state index in [9.17, 15) is 8.42 Å². The molecule has 0 saturated carbocycles. The number of anilines is 1. The third-order valence-electron chi connectivity index (χ3n) is 3.23. The Kier molecular flexibility index (Phi) is 4.29. The van der Waals surface area contributed by atoms with Gasteiger partial charge in [0.05, 0.1) is 14.5 Å². The Bertz CT molecular complexity index is 757. The Balaban J connectivity index is 2.10. The Morgan fingerprint density at radius 2 is 2.10 bits per heavy atom. The lowest BCUT2D eigenvalue weighted by Gasteiger charge is -2.23. The van der Waals surface area contributed by atoms with Crippen molar-refractivity contribution in [1.82, 2.24) is 5.32 Å². The number of fused-ring (bicyclic) bond motifs is 1. The van der Waals surface area contributed by atoms with E-state index in [-0.39, 0.29) is 4.21 Å². The predicted molar refractivity (Wildman–Crippen MR) is 89.7 cm³/mol. The Morgan fingerprint density at radius 1 is 1.33 bits per heavy atom. The van der Waals surface area contributed by atoms with Crippen LogP contribution in [0, 0.1) is 0 Å². The van der Waals surface area contributed by atoms with Crippen LogP contribution in [0.15, 0.2) is 38.3 Å². The second kappa shape index (κ2) is 5.89. The number of nitrogens with one attached hydrogen (secondary N) is 1. The number of halogens is 2. The van der Waals surface area contributed by atoms with E-state index < -0.39 is 10.0 Å². The number of thiophene rings is 1.